The van der Waals surface area contributed by atoms with Crippen molar-refractivity contribution in [1.29, 1.82) is 0 Å². The first-order chi connectivity index (χ1) is 15.2. The number of thiophene rings is 1. The third-order valence-electron chi connectivity index (χ3n) is 6.21. The highest BCUT2D eigenvalue weighted by atomic mass is 32.1. The van der Waals surface area contributed by atoms with Crippen LogP contribution in [-0.4, -0.2) is 42.2 Å². The molecule has 0 radical (unpaired) electrons. The lowest BCUT2D eigenvalue weighted by Gasteiger charge is -2.33. The molecule has 156 valence electrons. The fourth-order valence-electron chi connectivity index (χ4n) is 4.62. The van der Waals surface area contributed by atoms with Gasteiger partial charge in [-0.1, -0.05) is 24.3 Å². The highest BCUT2D eigenvalue weighted by molar-refractivity contribution is 7.17. The summed E-state index contributed by atoms with van der Waals surface area (Å²) in [6, 6.07) is 16.9. The molecule has 1 atom stereocenters. The molecule has 0 fully saturated rings. The number of nitrogens with zero attached hydrogens (tertiary/aromatic N) is 2. The van der Waals surface area contributed by atoms with Crippen molar-refractivity contribution in [2.45, 2.75) is 19.4 Å². The van der Waals surface area contributed by atoms with Gasteiger partial charge in [0, 0.05) is 35.4 Å². The maximum absolute atomic E-state index is 6.42. The monoisotopic (exact) mass is 428 g/mol. The number of benzene rings is 2. The average Bonchev–Trinajstić information content (AvgIpc) is 3.28. The first-order valence-electron chi connectivity index (χ1n) is 10.8. The van der Waals surface area contributed by atoms with Gasteiger partial charge in [-0.25, -0.2) is 0 Å². The third-order valence-corrected chi connectivity index (χ3v) is 7.18. The van der Waals surface area contributed by atoms with Gasteiger partial charge in [0.2, 0.25) is 0 Å². The Balaban J connectivity index is 1.18. The Labute approximate surface area is 185 Å². The number of fused-ring (bicyclic) bond motifs is 4. The minimum atomic E-state index is 0.0232. The summed E-state index contributed by atoms with van der Waals surface area (Å²) in [5.41, 5.74) is 4.82. The van der Waals surface area contributed by atoms with Crippen LogP contribution in [0, 0.1) is 6.92 Å². The maximum Gasteiger partial charge on any atom is 0.171 e. The highest BCUT2D eigenvalue weighted by Gasteiger charge is 2.26. The molecule has 4 heterocycles. The zero-order valence-corrected chi connectivity index (χ0v) is 18.3. The topological polar surface area (TPSA) is 34.6 Å². The molecule has 0 saturated heterocycles. The predicted molar refractivity (Wildman–Crippen MR) is 127 cm³/mol. The number of rotatable bonds is 3. The fourth-order valence-corrected chi connectivity index (χ4v) is 5.57. The van der Waals surface area contributed by atoms with Crippen LogP contribution < -0.4 is 9.47 Å². The molecule has 0 amide bonds. The van der Waals surface area contributed by atoms with Crippen LogP contribution in [0.1, 0.15) is 17.7 Å². The van der Waals surface area contributed by atoms with E-state index in [0.29, 0.717) is 6.61 Å². The van der Waals surface area contributed by atoms with Crippen molar-refractivity contribution in [3.05, 3.63) is 71.2 Å². The summed E-state index contributed by atoms with van der Waals surface area (Å²) >= 11 is 1.84. The molecule has 2 aliphatic heterocycles. The molecule has 4 nitrogen and oxygen atoms in total. The number of aryl methyl sites for hydroxylation is 1. The molecule has 0 N–H and O–H groups in total. The average molecular weight is 429 g/mol. The lowest BCUT2D eigenvalue weighted by Crippen LogP contribution is -2.42. The van der Waals surface area contributed by atoms with E-state index in [2.05, 4.69) is 51.7 Å². The van der Waals surface area contributed by atoms with Crippen LogP contribution in [0.25, 0.3) is 26.6 Å². The van der Waals surface area contributed by atoms with E-state index < -0.39 is 0 Å². The van der Waals surface area contributed by atoms with E-state index in [0.717, 1.165) is 54.2 Å². The van der Waals surface area contributed by atoms with Crippen molar-refractivity contribution in [1.82, 2.24) is 9.88 Å². The second-order valence-electron chi connectivity index (χ2n) is 8.35. The van der Waals surface area contributed by atoms with Crippen LogP contribution >= 0.6 is 11.3 Å². The van der Waals surface area contributed by atoms with Crippen molar-refractivity contribution < 1.29 is 9.47 Å². The maximum atomic E-state index is 6.42. The molecule has 0 saturated carbocycles. The van der Waals surface area contributed by atoms with Gasteiger partial charge in [-0.15, -0.1) is 11.3 Å². The van der Waals surface area contributed by atoms with Crippen LogP contribution in [0.4, 0.5) is 0 Å². The Bertz CT molecular complexity index is 1310. The van der Waals surface area contributed by atoms with Gasteiger partial charge in [-0.2, -0.15) is 0 Å². The molecule has 1 unspecified atom stereocenters. The Hall–Kier alpha value is -2.89. The molecule has 0 aliphatic carbocycles. The lowest BCUT2D eigenvalue weighted by atomic mass is 9.98. The van der Waals surface area contributed by atoms with E-state index in [1.165, 1.54) is 21.2 Å². The smallest absolute Gasteiger partial charge is 0.171 e. The van der Waals surface area contributed by atoms with E-state index in [9.17, 15) is 0 Å². The van der Waals surface area contributed by atoms with Crippen LogP contribution in [0.2, 0.25) is 0 Å². The summed E-state index contributed by atoms with van der Waals surface area (Å²) in [5, 5.41) is 4.55. The standard InChI is InChI=1S/C26H24N2O2S/c1-17-5-6-22-23(27-17)7-8-24-25(22)30-20(16-29-24)15-28-12-9-18(10-13-28)21-4-2-3-19-11-14-31-26(19)21/h2-9,11,14,20H,10,12-13,15-16H2,1H3. The van der Waals surface area contributed by atoms with E-state index >= 15 is 0 Å². The van der Waals surface area contributed by atoms with E-state index in [1.807, 2.05) is 36.5 Å². The Kier molecular flexibility index (Phi) is 4.66. The first kappa shape index (κ1) is 18.8. The summed E-state index contributed by atoms with van der Waals surface area (Å²) in [7, 11) is 0. The number of hydrogen-bond acceptors (Lipinski definition) is 5. The second kappa shape index (κ2) is 7.66. The highest BCUT2D eigenvalue weighted by Crippen LogP contribution is 2.39. The molecule has 4 aromatic rings. The van der Waals surface area contributed by atoms with Gasteiger partial charge in [-0.05, 0) is 65.6 Å². The molecule has 2 aliphatic rings. The van der Waals surface area contributed by atoms with Gasteiger partial charge in [0.1, 0.15) is 12.7 Å². The number of ether oxygens (including phenoxy) is 2. The Morgan fingerprint density at radius 2 is 2.10 bits per heavy atom. The van der Waals surface area contributed by atoms with Crippen LogP contribution in [-0.2, 0) is 0 Å². The number of aromatic nitrogens is 1. The van der Waals surface area contributed by atoms with Gasteiger partial charge >= 0.3 is 0 Å². The van der Waals surface area contributed by atoms with Gasteiger partial charge in [0.25, 0.3) is 0 Å². The Morgan fingerprint density at radius 3 is 3.00 bits per heavy atom. The van der Waals surface area contributed by atoms with Gasteiger partial charge in [-0.3, -0.25) is 9.88 Å². The lowest BCUT2D eigenvalue weighted by molar-refractivity contribution is 0.0632. The first-order valence-corrected chi connectivity index (χ1v) is 11.7. The molecule has 2 aromatic heterocycles. The van der Waals surface area contributed by atoms with Crippen molar-refractivity contribution in [2.75, 3.05) is 26.2 Å². The summed E-state index contributed by atoms with van der Waals surface area (Å²) in [4.78, 5) is 7.09. The summed E-state index contributed by atoms with van der Waals surface area (Å²) in [6.07, 6.45) is 3.47. The van der Waals surface area contributed by atoms with Crippen LogP contribution in [0.5, 0.6) is 11.5 Å². The SMILES string of the molecule is Cc1ccc2c3c(ccc2n1)OCC(CN1CC=C(c2cccc4ccsc24)CC1)O3. The minimum Gasteiger partial charge on any atom is -0.486 e. The van der Waals surface area contributed by atoms with E-state index in [1.54, 1.807) is 0 Å². The Morgan fingerprint density at radius 1 is 1.13 bits per heavy atom. The predicted octanol–water partition coefficient (Wildman–Crippen LogP) is 5.69. The van der Waals surface area contributed by atoms with Crippen LogP contribution in [0.15, 0.2) is 60.0 Å². The normalized spacial score (nSPS) is 19.0. The third kappa shape index (κ3) is 3.48. The fraction of sp³-hybridized carbons (Fsp3) is 0.269. The van der Waals surface area contributed by atoms with Crippen molar-refractivity contribution in [2.24, 2.45) is 0 Å². The molecule has 6 rings (SSSR count). The molecule has 0 bridgehead atoms. The van der Waals surface area contributed by atoms with Crippen molar-refractivity contribution in [3.63, 3.8) is 0 Å². The zero-order chi connectivity index (χ0) is 20.8. The van der Waals surface area contributed by atoms with E-state index in [4.69, 9.17) is 9.47 Å². The van der Waals surface area contributed by atoms with Gasteiger partial charge in [0.05, 0.1) is 5.52 Å². The van der Waals surface area contributed by atoms with Crippen molar-refractivity contribution in [3.8, 4) is 11.5 Å². The molecular weight excluding hydrogens is 404 g/mol. The zero-order valence-electron chi connectivity index (χ0n) is 17.5. The molecule has 2 aromatic carbocycles. The minimum absolute atomic E-state index is 0.0232. The molecular formula is C26H24N2O2S. The molecule has 31 heavy (non-hydrogen) atoms. The number of pyridine rings is 1. The van der Waals surface area contributed by atoms with E-state index in [-0.39, 0.29) is 6.10 Å². The number of hydrogen-bond donors (Lipinski definition) is 0. The molecule has 0 spiro atoms. The molecule has 5 heteroatoms. The summed E-state index contributed by atoms with van der Waals surface area (Å²) < 4.78 is 13.9. The quantitative estimate of drug-likeness (QED) is 0.420. The summed E-state index contributed by atoms with van der Waals surface area (Å²) in [5.74, 6) is 1.65. The largest absolute Gasteiger partial charge is 0.486 e. The van der Waals surface area contributed by atoms with Crippen LogP contribution in [0.3, 0.4) is 0 Å². The van der Waals surface area contributed by atoms with Gasteiger partial charge in [0.15, 0.2) is 11.5 Å². The van der Waals surface area contributed by atoms with Crippen molar-refractivity contribution >= 4 is 37.9 Å². The van der Waals surface area contributed by atoms with Gasteiger partial charge < -0.3 is 9.47 Å². The second-order valence-corrected chi connectivity index (χ2v) is 9.26. The summed E-state index contributed by atoms with van der Waals surface area (Å²) in [6.45, 7) is 5.44.